The average molecular weight is 341 g/mol. The van der Waals surface area contributed by atoms with Crippen molar-refractivity contribution < 1.29 is 13.2 Å². The Kier molecular flexibility index (Phi) is 4.72. The van der Waals surface area contributed by atoms with Crippen LogP contribution in [0.5, 0.6) is 0 Å². The summed E-state index contributed by atoms with van der Waals surface area (Å²) in [4.78, 5) is 15.7. The molecule has 0 aliphatic rings. The van der Waals surface area contributed by atoms with Crippen LogP contribution in [0, 0.1) is 12.8 Å². The number of aromatic nitrogens is 2. The van der Waals surface area contributed by atoms with Crippen molar-refractivity contribution in [3.8, 4) is 0 Å². The Bertz CT molecular complexity index is 779. The van der Waals surface area contributed by atoms with Crippen molar-refractivity contribution in [2.45, 2.75) is 31.6 Å². The van der Waals surface area contributed by atoms with Gasteiger partial charge in [0.2, 0.25) is 5.24 Å². The number of imidazole rings is 1. The van der Waals surface area contributed by atoms with E-state index in [0.717, 1.165) is 9.54 Å². The van der Waals surface area contributed by atoms with Crippen LogP contribution in [-0.4, -0.2) is 22.6 Å². The van der Waals surface area contributed by atoms with Crippen LogP contribution in [0.25, 0.3) is 0 Å². The molecule has 5 nitrogen and oxygen atoms in total. The number of rotatable bonds is 5. The molecule has 1 aromatic carbocycles. The summed E-state index contributed by atoms with van der Waals surface area (Å²) in [7, 11) is -3.81. The number of halogens is 1. The second-order valence-corrected chi connectivity index (χ2v) is 7.65. The van der Waals surface area contributed by atoms with E-state index in [4.69, 9.17) is 11.6 Å². The standard InChI is InChI=1S/C15H17ClN2O3S/c1-10(2)14(15(16)19)13-8-17-9-18(13)22(20,21)12-6-4-11(3)5-7-12/h4-10,14H,1-3H3. The molecule has 1 aromatic heterocycles. The van der Waals surface area contributed by atoms with E-state index in [1.807, 2.05) is 6.92 Å². The summed E-state index contributed by atoms with van der Waals surface area (Å²) >= 11 is 5.64. The lowest BCUT2D eigenvalue weighted by Crippen LogP contribution is -2.22. The van der Waals surface area contributed by atoms with E-state index in [2.05, 4.69) is 4.98 Å². The van der Waals surface area contributed by atoms with Crippen molar-refractivity contribution in [1.29, 1.82) is 0 Å². The molecule has 7 heteroatoms. The molecule has 0 aliphatic carbocycles. The summed E-state index contributed by atoms with van der Waals surface area (Å²) < 4.78 is 26.5. The van der Waals surface area contributed by atoms with Crippen LogP contribution in [0.1, 0.15) is 31.0 Å². The lowest BCUT2D eigenvalue weighted by molar-refractivity contribution is -0.113. The van der Waals surface area contributed by atoms with Gasteiger partial charge in [-0.15, -0.1) is 0 Å². The van der Waals surface area contributed by atoms with Gasteiger partial charge in [0.15, 0.2) is 0 Å². The van der Waals surface area contributed by atoms with E-state index >= 15 is 0 Å². The van der Waals surface area contributed by atoms with Gasteiger partial charge in [-0.3, -0.25) is 4.79 Å². The van der Waals surface area contributed by atoms with Crippen molar-refractivity contribution in [3.05, 3.63) is 48.0 Å². The van der Waals surface area contributed by atoms with Gasteiger partial charge >= 0.3 is 0 Å². The number of benzene rings is 1. The third-order valence-corrected chi connectivity index (χ3v) is 5.37. The van der Waals surface area contributed by atoms with Gasteiger partial charge in [-0.1, -0.05) is 31.5 Å². The third-order valence-electron chi connectivity index (χ3n) is 3.44. The maximum absolute atomic E-state index is 12.7. The first kappa shape index (κ1) is 16.7. The fourth-order valence-corrected chi connectivity index (χ4v) is 3.94. The fraction of sp³-hybridized carbons (Fsp3) is 0.333. The van der Waals surface area contributed by atoms with Gasteiger partial charge in [-0.25, -0.2) is 17.4 Å². The van der Waals surface area contributed by atoms with Crippen molar-refractivity contribution in [2.75, 3.05) is 0 Å². The molecule has 0 N–H and O–H groups in total. The minimum Gasteiger partial charge on any atom is -0.281 e. The van der Waals surface area contributed by atoms with E-state index < -0.39 is 21.2 Å². The quantitative estimate of drug-likeness (QED) is 0.785. The Hall–Kier alpha value is -1.66. The molecule has 0 bridgehead atoms. The third kappa shape index (κ3) is 3.08. The van der Waals surface area contributed by atoms with E-state index in [9.17, 15) is 13.2 Å². The molecular weight excluding hydrogens is 324 g/mol. The largest absolute Gasteiger partial charge is 0.281 e. The van der Waals surface area contributed by atoms with Crippen LogP contribution in [0.15, 0.2) is 41.7 Å². The molecule has 1 unspecified atom stereocenters. The Balaban J connectivity index is 2.57. The van der Waals surface area contributed by atoms with Crippen molar-refractivity contribution in [2.24, 2.45) is 5.92 Å². The van der Waals surface area contributed by atoms with Gasteiger partial charge in [-0.05, 0) is 36.6 Å². The van der Waals surface area contributed by atoms with Gasteiger partial charge in [0.1, 0.15) is 6.33 Å². The summed E-state index contributed by atoms with van der Waals surface area (Å²) in [5.74, 6) is -0.877. The number of hydrogen-bond donors (Lipinski definition) is 0. The Labute approximate surface area is 135 Å². The molecule has 0 spiro atoms. The summed E-state index contributed by atoms with van der Waals surface area (Å²) in [6.45, 7) is 5.49. The van der Waals surface area contributed by atoms with Crippen LogP contribution < -0.4 is 0 Å². The van der Waals surface area contributed by atoms with E-state index in [-0.39, 0.29) is 16.5 Å². The van der Waals surface area contributed by atoms with E-state index in [0.29, 0.717) is 0 Å². The van der Waals surface area contributed by atoms with Gasteiger partial charge < -0.3 is 0 Å². The minimum atomic E-state index is -3.81. The first-order valence-corrected chi connectivity index (χ1v) is 8.60. The van der Waals surface area contributed by atoms with Crippen LogP contribution in [0.4, 0.5) is 0 Å². The average Bonchev–Trinajstić information content (AvgIpc) is 2.88. The second kappa shape index (κ2) is 6.22. The SMILES string of the molecule is Cc1ccc(S(=O)(=O)n2cncc2C(C(=O)Cl)C(C)C)cc1. The van der Waals surface area contributed by atoms with Crippen LogP contribution >= 0.6 is 11.6 Å². The fourth-order valence-electron chi connectivity index (χ4n) is 2.26. The highest BCUT2D eigenvalue weighted by Gasteiger charge is 2.30. The summed E-state index contributed by atoms with van der Waals surface area (Å²) in [5.41, 5.74) is 1.23. The predicted octanol–water partition coefficient (Wildman–Crippen LogP) is 2.93. The minimum absolute atomic E-state index is 0.141. The highest BCUT2D eigenvalue weighted by atomic mass is 35.5. The molecule has 118 valence electrons. The molecule has 0 radical (unpaired) electrons. The lowest BCUT2D eigenvalue weighted by Gasteiger charge is -2.18. The molecule has 0 saturated carbocycles. The molecule has 0 saturated heterocycles. The normalized spacial score (nSPS) is 13.3. The smallest absolute Gasteiger partial charge is 0.269 e. The first-order valence-electron chi connectivity index (χ1n) is 6.79. The molecule has 1 heterocycles. The zero-order valence-electron chi connectivity index (χ0n) is 12.5. The number of aryl methyl sites for hydroxylation is 1. The molecule has 0 fully saturated rings. The number of carbonyl (C=O) groups excluding carboxylic acids is 1. The zero-order valence-corrected chi connectivity index (χ0v) is 14.1. The number of nitrogens with zero attached hydrogens (tertiary/aromatic N) is 2. The molecule has 22 heavy (non-hydrogen) atoms. The highest BCUT2D eigenvalue weighted by Crippen LogP contribution is 2.29. The van der Waals surface area contributed by atoms with Gasteiger partial charge in [-0.2, -0.15) is 0 Å². The maximum atomic E-state index is 12.7. The second-order valence-electron chi connectivity index (χ2n) is 5.46. The molecule has 0 aliphatic heterocycles. The van der Waals surface area contributed by atoms with Crippen LogP contribution in [0.3, 0.4) is 0 Å². The Morgan fingerprint density at radius 3 is 2.32 bits per heavy atom. The van der Waals surface area contributed by atoms with Crippen LogP contribution in [-0.2, 0) is 14.8 Å². The number of carbonyl (C=O) groups is 1. The van der Waals surface area contributed by atoms with Crippen molar-refractivity contribution in [3.63, 3.8) is 0 Å². The Morgan fingerprint density at radius 2 is 1.82 bits per heavy atom. The molecule has 0 amide bonds. The molecular formula is C15H17ClN2O3S. The van der Waals surface area contributed by atoms with E-state index in [1.54, 1.807) is 26.0 Å². The van der Waals surface area contributed by atoms with Gasteiger partial charge in [0.25, 0.3) is 10.0 Å². The maximum Gasteiger partial charge on any atom is 0.269 e. The summed E-state index contributed by atoms with van der Waals surface area (Å²) in [6.07, 6.45) is 2.57. The predicted molar refractivity (Wildman–Crippen MR) is 84.4 cm³/mol. The zero-order chi connectivity index (χ0) is 16.5. The first-order chi connectivity index (χ1) is 10.2. The number of hydrogen-bond acceptors (Lipinski definition) is 4. The van der Waals surface area contributed by atoms with Gasteiger partial charge in [0.05, 0.1) is 22.7 Å². The van der Waals surface area contributed by atoms with Crippen molar-refractivity contribution in [1.82, 2.24) is 8.96 Å². The molecule has 2 rings (SSSR count). The molecule has 1 atom stereocenters. The monoisotopic (exact) mass is 340 g/mol. The highest BCUT2D eigenvalue weighted by molar-refractivity contribution is 7.90. The summed E-state index contributed by atoms with van der Waals surface area (Å²) in [5, 5.41) is -0.601. The van der Waals surface area contributed by atoms with Crippen LogP contribution in [0.2, 0.25) is 0 Å². The van der Waals surface area contributed by atoms with E-state index in [1.165, 1.54) is 24.7 Å². The van der Waals surface area contributed by atoms with Crippen molar-refractivity contribution >= 4 is 26.9 Å². The lowest BCUT2D eigenvalue weighted by atomic mass is 9.94. The Morgan fingerprint density at radius 1 is 1.23 bits per heavy atom. The molecule has 2 aromatic rings. The van der Waals surface area contributed by atoms with Gasteiger partial charge in [0, 0.05) is 0 Å². The summed E-state index contributed by atoms with van der Waals surface area (Å²) in [6, 6.07) is 6.49. The topological polar surface area (TPSA) is 69.0 Å².